The van der Waals surface area contributed by atoms with E-state index in [1.807, 2.05) is 0 Å². The summed E-state index contributed by atoms with van der Waals surface area (Å²) in [5.41, 5.74) is 0. The number of rotatable bonds is 0. The van der Waals surface area contributed by atoms with Gasteiger partial charge in [0.05, 0.1) is 0 Å². The Labute approximate surface area is 58.7 Å². The van der Waals surface area contributed by atoms with Crippen LogP contribution in [0.2, 0.25) is 0 Å². The highest BCUT2D eigenvalue weighted by Gasteiger charge is 2.22. The topological polar surface area (TPSA) is 0 Å². The van der Waals surface area contributed by atoms with Gasteiger partial charge in [-0.2, -0.15) is 0 Å². The first-order valence-corrected chi connectivity index (χ1v) is 4.22. The van der Waals surface area contributed by atoms with Gasteiger partial charge in [0, 0.05) is 0 Å². The Bertz CT molecular complexity index is 76.0. The summed E-state index contributed by atoms with van der Waals surface area (Å²) in [6, 6.07) is 0. The molecule has 0 aromatic carbocycles. The summed E-state index contributed by atoms with van der Waals surface area (Å²) in [5, 5.41) is 0. The minimum atomic E-state index is 0.971. The summed E-state index contributed by atoms with van der Waals surface area (Å²) in [7, 11) is 0. The van der Waals surface area contributed by atoms with E-state index in [2.05, 4.69) is 20.8 Å². The maximum absolute atomic E-state index is 2.40. The highest BCUT2D eigenvalue weighted by molar-refractivity contribution is 4.73. The first-order chi connectivity index (χ1) is 4.22. The molecule has 0 amide bonds. The molecule has 1 saturated carbocycles. The molecule has 0 heterocycles. The fourth-order valence-corrected chi connectivity index (χ4v) is 1.85. The van der Waals surface area contributed by atoms with E-state index in [9.17, 15) is 0 Å². The maximum Gasteiger partial charge on any atom is -0.0391 e. The molecule has 1 rings (SSSR count). The quantitative estimate of drug-likeness (QED) is 0.468. The average Bonchev–Trinajstić information content (AvgIpc) is 1.83. The van der Waals surface area contributed by atoms with Crippen molar-refractivity contribution in [3.8, 4) is 0 Å². The van der Waals surface area contributed by atoms with Crippen LogP contribution < -0.4 is 0 Å². The molecule has 0 aliphatic heterocycles. The van der Waals surface area contributed by atoms with Crippen molar-refractivity contribution in [3.63, 3.8) is 0 Å². The van der Waals surface area contributed by atoms with Gasteiger partial charge >= 0.3 is 0 Å². The van der Waals surface area contributed by atoms with Crippen molar-refractivity contribution in [3.05, 3.63) is 0 Å². The summed E-state index contributed by atoms with van der Waals surface area (Å²) in [6.07, 6.45) is 4.39. The van der Waals surface area contributed by atoms with E-state index in [-0.39, 0.29) is 0 Å². The van der Waals surface area contributed by atoms with Crippen molar-refractivity contribution < 1.29 is 0 Å². The van der Waals surface area contributed by atoms with Crippen LogP contribution in [0.15, 0.2) is 0 Å². The Morgan fingerprint density at radius 2 is 1.33 bits per heavy atom. The molecule has 0 spiro atoms. The number of hydrogen-bond donors (Lipinski definition) is 0. The minimum absolute atomic E-state index is 0.971. The molecular formula is C9H18. The van der Waals surface area contributed by atoms with Crippen LogP contribution in [0.25, 0.3) is 0 Å². The van der Waals surface area contributed by atoms with Gasteiger partial charge in [-0.25, -0.2) is 0 Å². The summed E-state index contributed by atoms with van der Waals surface area (Å²) < 4.78 is 0. The van der Waals surface area contributed by atoms with Gasteiger partial charge in [0.1, 0.15) is 0 Å². The third-order valence-corrected chi connectivity index (χ3v) is 3.11. The summed E-state index contributed by atoms with van der Waals surface area (Å²) in [5.74, 6) is 2.93. The Kier molecular flexibility index (Phi) is 2.15. The van der Waals surface area contributed by atoms with Crippen molar-refractivity contribution in [2.24, 2.45) is 17.8 Å². The van der Waals surface area contributed by atoms with E-state index in [0.717, 1.165) is 17.8 Å². The molecule has 0 aromatic rings. The van der Waals surface area contributed by atoms with Gasteiger partial charge in [0.2, 0.25) is 0 Å². The third-order valence-electron chi connectivity index (χ3n) is 3.11. The van der Waals surface area contributed by atoms with Gasteiger partial charge in [-0.05, 0) is 17.8 Å². The summed E-state index contributed by atoms with van der Waals surface area (Å²) >= 11 is 0. The molecule has 0 bridgehead atoms. The molecule has 1 fully saturated rings. The smallest absolute Gasteiger partial charge is 0.0391 e. The van der Waals surface area contributed by atoms with Crippen LogP contribution in [0, 0.1) is 17.8 Å². The predicted octanol–water partition coefficient (Wildman–Crippen LogP) is 3.08. The van der Waals surface area contributed by atoms with Crippen molar-refractivity contribution in [2.75, 3.05) is 0 Å². The molecule has 3 atom stereocenters. The van der Waals surface area contributed by atoms with E-state index in [1.54, 1.807) is 0 Å². The number of hydrogen-bond acceptors (Lipinski definition) is 0. The van der Waals surface area contributed by atoms with Gasteiger partial charge < -0.3 is 0 Å². The zero-order chi connectivity index (χ0) is 6.85. The maximum atomic E-state index is 2.40. The molecule has 1 unspecified atom stereocenters. The van der Waals surface area contributed by atoms with E-state index in [1.165, 1.54) is 19.3 Å². The Hall–Kier alpha value is 0. The van der Waals surface area contributed by atoms with Crippen molar-refractivity contribution in [1.82, 2.24) is 0 Å². The molecule has 0 nitrogen and oxygen atoms in total. The first kappa shape index (κ1) is 7.11. The molecule has 0 N–H and O–H groups in total. The second kappa shape index (κ2) is 2.72. The van der Waals surface area contributed by atoms with E-state index < -0.39 is 0 Å². The first-order valence-electron chi connectivity index (χ1n) is 4.22. The molecule has 54 valence electrons. The summed E-state index contributed by atoms with van der Waals surface area (Å²) in [6.45, 7) is 7.18. The third kappa shape index (κ3) is 1.47. The van der Waals surface area contributed by atoms with E-state index in [4.69, 9.17) is 0 Å². The molecule has 0 aromatic heterocycles. The van der Waals surface area contributed by atoms with Crippen molar-refractivity contribution in [2.45, 2.75) is 40.0 Å². The highest BCUT2D eigenvalue weighted by atomic mass is 14.3. The van der Waals surface area contributed by atoms with Gasteiger partial charge in [-0.1, -0.05) is 40.0 Å². The van der Waals surface area contributed by atoms with E-state index >= 15 is 0 Å². The molecule has 1 aliphatic rings. The zero-order valence-electron chi connectivity index (χ0n) is 6.85. The largest absolute Gasteiger partial charge is 0.0622 e. The zero-order valence-corrected chi connectivity index (χ0v) is 6.85. The Morgan fingerprint density at radius 1 is 0.889 bits per heavy atom. The van der Waals surface area contributed by atoms with Crippen LogP contribution in [0.4, 0.5) is 0 Å². The van der Waals surface area contributed by atoms with Gasteiger partial charge in [-0.15, -0.1) is 0 Å². The second-order valence-corrected chi connectivity index (χ2v) is 3.74. The average molecular weight is 126 g/mol. The second-order valence-electron chi connectivity index (χ2n) is 3.74. The fourth-order valence-electron chi connectivity index (χ4n) is 1.85. The minimum Gasteiger partial charge on any atom is -0.0622 e. The standard InChI is InChI=1S/C9H18/c1-7-5-4-6-8(2)9(7)3/h7-9H,4-6H2,1-3H3/t7-,8+,9?. The Morgan fingerprint density at radius 3 is 1.67 bits per heavy atom. The molecular weight excluding hydrogens is 108 g/mol. The van der Waals surface area contributed by atoms with Crippen LogP contribution in [0.5, 0.6) is 0 Å². The van der Waals surface area contributed by atoms with Gasteiger partial charge in [0.15, 0.2) is 0 Å². The SMILES string of the molecule is CC1[C@H](C)CCC[C@@H]1C. The Balaban J connectivity index is 2.41. The van der Waals surface area contributed by atoms with Crippen LogP contribution in [0.1, 0.15) is 40.0 Å². The molecule has 0 radical (unpaired) electrons. The van der Waals surface area contributed by atoms with Gasteiger partial charge in [0.25, 0.3) is 0 Å². The van der Waals surface area contributed by atoms with Crippen LogP contribution in [-0.2, 0) is 0 Å². The molecule has 0 heteroatoms. The molecule has 0 saturated heterocycles. The fraction of sp³-hybridized carbons (Fsp3) is 1.00. The van der Waals surface area contributed by atoms with Gasteiger partial charge in [-0.3, -0.25) is 0 Å². The molecule has 1 aliphatic carbocycles. The lowest BCUT2D eigenvalue weighted by molar-refractivity contribution is 0.197. The highest BCUT2D eigenvalue weighted by Crippen LogP contribution is 2.33. The van der Waals surface area contributed by atoms with Crippen LogP contribution in [-0.4, -0.2) is 0 Å². The van der Waals surface area contributed by atoms with Crippen molar-refractivity contribution in [1.29, 1.82) is 0 Å². The molecule has 9 heavy (non-hydrogen) atoms. The van der Waals surface area contributed by atoms with Crippen LogP contribution >= 0.6 is 0 Å². The normalized spacial score (nSPS) is 45.0. The van der Waals surface area contributed by atoms with Crippen molar-refractivity contribution >= 4 is 0 Å². The lowest BCUT2D eigenvalue weighted by Crippen LogP contribution is -2.21. The monoisotopic (exact) mass is 126 g/mol. The lowest BCUT2D eigenvalue weighted by Gasteiger charge is -2.31. The van der Waals surface area contributed by atoms with E-state index in [0.29, 0.717) is 0 Å². The predicted molar refractivity (Wildman–Crippen MR) is 41.3 cm³/mol. The summed E-state index contributed by atoms with van der Waals surface area (Å²) in [4.78, 5) is 0. The lowest BCUT2D eigenvalue weighted by atomic mass is 9.75. The van der Waals surface area contributed by atoms with Crippen LogP contribution in [0.3, 0.4) is 0 Å².